The maximum atomic E-state index is 13.3. The Balaban J connectivity index is 2.11. The van der Waals surface area contributed by atoms with Crippen molar-refractivity contribution in [2.24, 2.45) is 17.8 Å². The molecule has 0 aromatic rings. The largest absolute Gasteiger partial charge is 0.462 e. The first kappa shape index (κ1) is 27.6. The summed E-state index contributed by atoms with van der Waals surface area (Å²) in [5.74, 6) is -4.75. The second-order valence-electron chi connectivity index (χ2n) is 10.4. The van der Waals surface area contributed by atoms with E-state index in [1.807, 2.05) is 6.92 Å². The van der Waals surface area contributed by atoms with Crippen LogP contribution in [0.2, 0.25) is 0 Å². The van der Waals surface area contributed by atoms with E-state index in [1.165, 1.54) is 13.8 Å². The number of fused-ring (bicyclic) bond motifs is 3. The summed E-state index contributed by atoms with van der Waals surface area (Å²) < 4.78 is 23.0. The molecule has 198 valence electrons. The van der Waals surface area contributed by atoms with Crippen molar-refractivity contribution < 1.29 is 43.2 Å². The molecule has 1 aliphatic heterocycles. The maximum absolute atomic E-state index is 13.3. The second kappa shape index (κ2) is 9.84. The fourth-order valence-electron chi connectivity index (χ4n) is 5.73. The molecule has 8 atom stereocenters. The van der Waals surface area contributed by atoms with Gasteiger partial charge in [0, 0.05) is 36.3 Å². The average Bonchev–Trinajstić information content (AvgIpc) is 3.20. The summed E-state index contributed by atoms with van der Waals surface area (Å²) in [4.78, 5) is 50.7. The van der Waals surface area contributed by atoms with Gasteiger partial charge in [-0.05, 0) is 54.5 Å². The Morgan fingerprint density at radius 3 is 2.17 bits per heavy atom. The lowest BCUT2D eigenvalue weighted by Crippen LogP contribution is -2.51. The number of aliphatic hydroxyl groups is 1. The fourth-order valence-corrected chi connectivity index (χ4v) is 5.73. The van der Waals surface area contributed by atoms with Crippen LogP contribution < -0.4 is 0 Å². The van der Waals surface area contributed by atoms with Crippen molar-refractivity contribution in [2.45, 2.75) is 91.3 Å². The Hall–Kier alpha value is -2.94. The molecule has 0 aromatic carbocycles. The number of ether oxygens (including phenoxy) is 4. The number of carbonyl (C=O) groups is 4. The molecule has 2 aliphatic carbocycles. The van der Waals surface area contributed by atoms with Gasteiger partial charge in [-0.3, -0.25) is 4.79 Å². The van der Waals surface area contributed by atoms with E-state index in [0.29, 0.717) is 11.1 Å². The average molecular weight is 505 g/mol. The molecule has 0 spiro atoms. The summed E-state index contributed by atoms with van der Waals surface area (Å²) in [5, 5.41) is 11.7. The molecule has 9 nitrogen and oxygen atoms in total. The van der Waals surface area contributed by atoms with Crippen molar-refractivity contribution in [1.29, 1.82) is 0 Å². The molecule has 2 fully saturated rings. The number of hydrogen-bond acceptors (Lipinski definition) is 9. The van der Waals surface area contributed by atoms with Gasteiger partial charge in [-0.2, -0.15) is 0 Å². The molecular weight excluding hydrogens is 468 g/mol. The second-order valence-corrected chi connectivity index (χ2v) is 10.4. The summed E-state index contributed by atoms with van der Waals surface area (Å²) in [5.41, 5.74) is -1.79. The van der Waals surface area contributed by atoms with Crippen LogP contribution in [0.1, 0.15) is 61.8 Å². The van der Waals surface area contributed by atoms with Crippen molar-refractivity contribution in [3.63, 3.8) is 0 Å². The van der Waals surface area contributed by atoms with Gasteiger partial charge < -0.3 is 24.1 Å². The van der Waals surface area contributed by atoms with Crippen LogP contribution in [0.4, 0.5) is 0 Å². The molecule has 3 aliphatic rings. The van der Waals surface area contributed by atoms with Gasteiger partial charge in [-0.15, -0.1) is 0 Å². The number of hydrogen-bond donors (Lipinski definition) is 1. The van der Waals surface area contributed by atoms with Crippen molar-refractivity contribution in [2.75, 3.05) is 0 Å². The van der Waals surface area contributed by atoms with Crippen LogP contribution in [0, 0.1) is 17.8 Å². The van der Waals surface area contributed by atoms with Gasteiger partial charge in [-0.1, -0.05) is 17.7 Å². The SMILES string of the molecule is CC=C(C)C(=O)O[C@@H]1C=C(C)[C@H]2[C@@H]3OC(=O)[C@@](C)(OC(=O)C(C)=CC)[C@@H]3[C@@H](OC(C)=O)C[C@](C)(O)[C@H]21. The van der Waals surface area contributed by atoms with E-state index >= 15 is 0 Å². The number of rotatable bonds is 5. The summed E-state index contributed by atoms with van der Waals surface area (Å²) in [6.45, 7) is 12.7. The minimum atomic E-state index is -1.77. The Morgan fingerprint density at radius 2 is 1.61 bits per heavy atom. The monoisotopic (exact) mass is 504 g/mol. The van der Waals surface area contributed by atoms with E-state index in [-0.39, 0.29) is 6.42 Å². The van der Waals surface area contributed by atoms with Crippen LogP contribution in [0.3, 0.4) is 0 Å². The molecule has 3 rings (SSSR count). The Morgan fingerprint density at radius 1 is 1.03 bits per heavy atom. The summed E-state index contributed by atoms with van der Waals surface area (Å²) in [6, 6.07) is 0. The van der Waals surface area contributed by atoms with Gasteiger partial charge in [0.1, 0.15) is 18.3 Å². The van der Waals surface area contributed by atoms with Crippen LogP contribution in [0.5, 0.6) is 0 Å². The molecule has 1 saturated heterocycles. The van der Waals surface area contributed by atoms with E-state index in [1.54, 1.807) is 52.8 Å². The van der Waals surface area contributed by atoms with Crippen LogP contribution in [0.25, 0.3) is 0 Å². The summed E-state index contributed by atoms with van der Waals surface area (Å²) in [7, 11) is 0. The summed E-state index contributed by atoms with van der Waals surface area (Å²) in [6.07, 6.45) is 2.16. The quantitative estimate of drug-likeness (QED) is 0.260. The number of carbonyl (C=O) groups excluding carboxylic acids is 4. The van der Waals surface area contributed by atoms with Crippen molar-refractivity contribution in [3.05, 3.63) is 34.9 Å². The molecule has 9 heteroatoms. The van der Waals surface area contributed by atoms with Crippen molar-refractivity contribution >= 4 is 23.9 Å². The molecule has 1 heterocycles. The first-order chi connectivity index (χ1) is 16.7. The topological polar surface area (TPSA) is 125 Å². The zero-order chi connectivity index (χ0) is 27.2. The first-order valence-electron chi connectivity index (χ1n) is 12.2. The number of allylic oxidation sites excluding steroid dienone is 2. The Bertz CT molecular complexity index is 1050. The Kier molecular flexibility index (Phi) is 7.56. The number of esters is 4. The van der Waals surface area contributed by atoms with Crippen LogP contribution in [-0.2, 0) is 38.1 Å². The normalized spacial score (nSPS) is 38.2. The smallest absolute Gasteiger partial charge is 0.351 e. The Labute approximate surface area is 211 Å². The third-order valence-corrected chi connectivity index (χ3v) is 7.79. The van der Waals surface area contributed by atoms with Gasteiger partial charge >= 0.3 is 23.9 Å². The molecule has 0 amide bonds. The molecule has 0 unspecified atom stereocenters. The van der Waals surface area contributed by atoms with Gasteiger partial charge in [0.2, 0.25) is 5.60 Å². The minimum Gasteiger partial charge on any atom is -0.462 e. The highest BCUT2D eigenvalue weighted by molar-refractivity contribution is 5.92. The van der Waals surface area contributed by atoms with E-state index in [2.05, 4.69) is 0 Å². The van der Waals surface area contributed by atoms with Gasteiger partial charge in [0.05, 0.1) is 11.5 Å². The lowest BCUT2D eigenvalue weighted by Gasteiger charge is -2.37. The minimum absolute atomic E-state index is 0.0843. The molecular formula is C27H36O9. The van der Waals surface area contributed by atoms with Crippen LogP contribution in [0.15, 0.2) is 34.9 Å². The van der Waals surface area contributed by atoms with Crippen molar-refractivity contribution in [1.82, 2.24) is 0 Å². The van der Waals surface area contributed by atoms with Crippen LogP contribution >= 0.6 is 0 Å². The highest BCUT2D eigenvalue weighted by Gasteiger charge is 2.69. The molecule has 36 heavy (non-hydrogen) atoms. The van der Waals surface area contributed by atoms with E-state index in [0.717, 1.165) is 5.57 Å². The molecule has 0 radical (unpaired) electrons. The van der Waals surface area contributed by atoms with Crippen LogP contribution in [-0.4, -0.2) is 58.5 Å². The van der Waals surface area contributed by atoms with Gasteiger partial charge in [-0.25, -0.2) is 14.4 Å². The fraction of sp³-hybridized carbons (Fsp3) is 0.630. The standard InChI is InChI=1S/C27H36O9/c1-9-13(3)23(29)34-17-11-15(5)19-20(17)26(7,32)12-18(33-16(6)28)21-22(19)35-25(31)27(21,8)36-24(30)14(4)10-2/h9-11,17-22,32H,12H2,1-8H3/t17-,18+,19-,20+,21-,22+,26+,27+/m1/s1. The predicted molar refractivity (Wildman–Crippen MR) is 128 cm³/mol. The lowest BCUT2D eigenvalue weighted by atomic mass is 9.74. The lowest BCUT2D eigenvalue weighted by molar-refractivity contribution is -0.179. The third kappa shape index (κ3) is 4.73. The van der Waals surface area contributed by atoms with E-state index < -0.39 is 71.1 Å². The third-order valence-electron chi connectivity index (χ3n) is 7.79. The van der Waals surface area contributed by atoms with Gasteiger partial charge in [0.15, 0.2) is 0 Å². The highest BCUT2D eigenvalue weighted by Crippen LogP contribution is 2.55. The molecule has 0 aromatic heterocycles. The van der Waals surface area contributed by atoms with Crippen molar-refractivity contribution in [3.8, 4) is 0 Å². The molecule has 1 saturated carbocycles. The predicted octanol–water partition coefficient (Wildman–Crippen LogP) is 2.95. The zero-order valence-corrected chi connectivity index (χ0v) is 22.1. The zero-order valence-electron chi connectivity index (χ0n) is 22.1. The van der Waals surface area contributed by atoms with E-state index in [9.17, 15) is 24.3 Å². The molecule has 1 N–H and O–H groups in total. The maximum Gasteiger partial charge on any atom is 0.351 e. The van der Waals surface area contributed by atoms with Gasteiger partial charge in [0.25, 0.3) is 0 Å². The highest BCUT2D eigenvalue weighted by atomic mass is 16.6. The van der Waals surface area contributed by atoms with E-state index in [4.69, 9.17) is 18.9 Å². The first-order valence-corrected chi connectivity index (χ1v) is 12.2. The summed E-state index contributed by atoms with van der Waals surface area (Å²) >= 11 is 0. The molecule has 0 bridgehead atoms.